The van der Waals surface area contributed by atoms with Gasteiger partial charge in [-0.1, -0.05) is 46.9 Å². The largest absolute Gasteiger partial charge is 0.490 e. The zero-order valence-electron chi connectivity index (χ0n) is 20.4. The summed E-state index contributed by atoms with van der Waals surface area (Å²) in [5, 5.41) is 1.76. The molecule has 0 bridgehead atoms. The molecule has 0 saturated carbocycles. The number of benzene rings is 2. The van der Waals surface area contributed by atoms with Gasteiger partial charge in [0.15, 0.2) is 9.66 Å². The van der Waals surface area contributed by atoms with Crippen LogP contribution in [-0.2, 0) is 18.9 Å². The molecule has 0 N–H and O–H groups in total. The summed E-state index contributed by atoms with van der Waals surface area (Å²) in [6.07, 6.45) is 0. The normalized spacial score (nSPS) is 11.3. The lowest BCUT2D eigenvalue weighted by Gasteiger charge is -2.10. The van der Waals surface area contributed by atoms with Crippen LogP contribution in [0.1, 0.15) is 0 Å². The fourth-order valence-corrected chi connectivity index (χ4v) is 5.42. The Morgan fingerprint density at radius 3 is 1.42 bits per heavy atom. The van der Waals surface area contributed by atoms with Crippen molar-refractivity contribution in [3.8, 4) is 32.6 Å². The number of fused-ring (bicyclic) bond motifs is 1. The topological polar surface area (TPSA) is 81.2 Å². The van der Waals surface area contributed by atoms with Gasteiger partial charge in [-0.2, -0.15) is 0 Å². The molecule has 0 fully saturated rings. The van der Waals surface area contributed by atoms with E-state index >= 15 is 0 Å². The third-order valence-electron chi connectivity index (χ3n) is 5.04. The zero-order valence-corrected chi connectivity index (χ0v) is 22.1. The van der Waals surface area contributed by atoms with Gasteiger partial charge in [0.1, 0.15) is 34.7 Å². The Labute approximate surface area is 218 Å². The third-order valence-corrected chi connectivity index (χ3v) is 7.14. The van der Waals surface area contributed by atoms with Crippen LogP contribution in [0.3, 0.4) is 0 Å². The van der Waals surface area contributed by atoms with Crippen molar-refractivity contribution in [1.29, 1.82) is 0 Å². The van der Waals surface area contributed by atoms with E-state index < -0.39 is 0 Å². The van der Waals surface area contributed by atoms with E-state index in [9.17, 15) is 0 Å². The van der Waals surface area contributed by atoms with Crippen LogP contribution in [0.4, 0.5) is 0 Å². The Balaban J connectivity index is 1.43. The summed E-state index contributed by atoms with van der Waals surface area (Å²) < 4.78 is 32.9. The minimum atomic E-state index is 0.455. The highest BCUT2D eigenvalue weighted by molar-refractivity contribution is 7.29. The number of hydrogen-bond acceptors (Lipinski definition) is 10. The van der Waals surface area contributed by atoms with E-state index in [0.717, 1.165) is 42.3 Å². The second-order valence-electron chi connectivity index (χ2n) is 7.55. The lowest BCUT2D eigenvalue weighted by atomic mass is 10.2. The quantitative estimate of drug-likeness (QED) is 0.184. The van der Waals surface area contributed by atoms with Crippen molar-refractivity contribution in [2.75, 3.05) is 67.1 Å². The summed E-state index contributed by atoms with van der Waals surface area (Å²) in [5.74, 6) is 1.56. The van der Waals surface area contributed by atoms with E-state index in [0.29, 0.717) is 52.9 Å². The second-order valence-corrected chi connectivity index (χ2v) is 9.50. The molecule has 0 aliphatic heterocycles. The number of hydrogen-bond donors (Lipinski definition) is 0. The average Bonchev–Trinajstić information content (AvgIpc) is 3.48. The van der Waals surface area contributed by atoms with Crippen molar-refractivity contribution >= 4 is 32.3 Å². The molecule has 2 aromatic carbocycles. The summed E-state index contributed by atoms with van der Waals surface area (Å²) in [6, 6.07) is 15.8. The van der Waals surface area contributed by atoms with Crippen LogP contribution in [0, 0.1) is 0 Å². The van der Waals surface area contributed by atoms with Crippen LogP contribution in [0.2, 0.25) is 0 Å². The molecule has 0 unspecified atom stereocenters. The number of ether oxygens (including phenoxy) is 6. The van der Waals surface area contributed by atoms with Gasteiger partial charge >= 0.3 is 0 Å². The lowest BCUT2D eigenvalue weighted by molar-refractivity contribution is 0.0545. The Morgan fingerprint density at radius 2 is 0.972 bits per heavy atom. The van der Waals surface area contributed by atoms with Gasteiger partial charge < -0.3 is 28.4 Å². The highest BCUT2D eigenvalue weighted by Crippen LogP contribution is 2.41. The monoisotopic (exact) mass is 530 g/mol. The minimum Gasteiger partial charge on any atom is -0.490 e. The van der Waals surface area contributed by atoms with Gasteiger partial charge in [-0.15, -0.1) is 0 Å². The fourth-order valence-electron chi connectivity index (χ4n) is 3.32. The maximum absolute atomic E-state index is 5.97. The van der Waals surface area contributed by atoms with Gasteiger partial charge in [0, 0.05) is 14.2 Å². The number of methoxy groups -OCH3 is 2. The first-order valence-corrected chi connectivity index (χ1v) is 13.3. The third kappa shape index (κ3) is 7.22. The number of aromatic nitrogens is 2. The van der Waals surface area contributed by atoms with Gasteiger partial charge in [0.2, 0.25) is 0 Å². The van der Waals surface area contributed by atoms with E-state index in [1.165, 1.54) is 0 Å². The highest BCUT2D eigenvalue weighted by Gasteiger charge is 2.17. The molecule has 0 aliphatic carbocycles. The number of nitrogens with zero attached hydrogens (tertiary/aromatic N) is 2. The van der Waals surface area contributed by atoms with Crippen LogP contribution in [0.25, 0.3) is 30.8 Å². The van der Waals surface area contributed by atoms with Gasteiger partial charge in [-0.3, -0.25) is 0 Å². The van der Waals surface area contributed by atoms with Crippen molar-refractivity contribution in [3.05, 3.63) is 48.5 Å². The molecule has 4 aromatic rings. The van der Waals surface area contributed by atoms with Crippen LogP contribution in [-0.4, -0.2) is 77.0 Å². The number of rotatable bonds is 16. The van der Waals surface area contributed by atoms with Crippen molar-refractivity contribution < 1.29 is 28.4 Å². The Hall–Kier alpha value is -2.60. The highest BCUT2D eigenvalue weighted by atomic mass is 32.1. The molecule has 8 nitrogen and oxygen atoms in total. The number of para-hydroxylation sites is 2. The first kappa shape index (κ1) is 26.5. The summed E-state index contributed by atoms with van der Waals surface area (Å²) in [5.41, 5.74) is 1.90. The lowest BCUT2D eigenvalue weighted by Crippen LogP contribution is -2.10. The molecule has 2 heterocycles. The zero-order chi connectivity index (χ0) is 25.0. The molecule has 0 radical (unpaired) electrons. The summed E-state index contributed by atoms with van der Waals surface area (Å²) in [7, 11) is 3.31. The van der Waals surface area contributed by atoms with Crippen LogP contribution >= 0.6 is 22.7 Å². The summed E-state index contributed by atoms with van der Waals surface area (Å²) >= 11 is 3.11. The molecule has 2 aromatic heterocycles. The maximum Gasteiger partial charge on any atom is 0.155 e. The van der Waals surface area contributed by atoms with Crippen molar-refractivity contribution in [2.45, 2.75) is 0 Å². The Morgan fingerprint density at radius 1 is 0.556 bits per heavy atom. The van der Waals surface area contributed by atoms with E-state index in [2.05, 4.69) is 0 Å². The molecule has 192 valence electrons. The van der Waals surface area contributed by atoms with Crippen molar-refractivity contribution in [2.24, 2.45) is 0 Å². The summed E-state index contributed by atoms with van der Waals surface area (Å²) in [4.78, 5) is 11.5. The molecule has 0 spiro atoms. The van der Waals surface area contributed by atoms with Crippen molar-refractivity contribution in [1.82, 2.24) is 9.97 Å². The van der Waals surface area contributed by atoms with Gasteiger partial charge in [0.05, 0.1) is 50.8 Å². The van der Waals surface area contributed by atoms with Gasteiger partial charge in [0.25, 0.3) is 0 Å². The predicted octanol–water partition coefficient (Wildman–Crippen LogP) is 5.17. The van der Waals surface area contributed by atoms with E-state index in [1.807, 2.05) is 48.5 Å². The van der Waals surface area contributed by atoms with E-state index in [1.54, 1.807) is 36.9 Å². The molecular weight excluding hydrogens is 500 g/mol. The SMILES string of the molecule is COCCOCCOc1ccccc1-c1nc2sc(-c3ccccc3OCCOCCOC)nc2s1. The van der Waals surface area contributed by atoms with Crippen LogP contribution in [0.5, 0.6) is 11.5 Å². The molecule has 0 amide bonds. The van der Waals surface area contributed by atoms with Crippen molar-refractivity contribution in [3.63, 3.8) is 0 Å². The fraction of sp³-hybridized carbons (Fsp3) is 0.385. The molecule has 0 aliphatic rings. The molecule has 36 heavy (non-hydrogen) atoms. The van der Waals surface area contributed by atoms with E-state index in [-0.39, 0.29) is 0 Å². The predicted molar refractivity (Wildman–Crippen MR) is 143 cm³/mol. The standard InChI is InChI=1S/C26H30N2O6S2/c1-29-11-13-31-15-17-33-21-9-5-3-7-19(21)23-27-25-26(35-23)28-24(36-25)20-8-4-6-10-22(20)34-18-16-32-14-12-30-2/h3-10H,11-18H2,1-2H3. The van der Waals surface area contributed by atoms with E-state index in [4.69, 9.17) is 38.4 Å². The maximum atomic E-state index is 5.97. The molecule has 4 rings (SSSR count). The van der Waals surface area contributed by atoms with Gasteiger partial charge in [-0.25, -0.2) is 9.97 Å². The Bertz CT molecular complexity index is 1090. The second kappa shape index (κ2) is 14.2. The molecule has 0 atom stereocenters. The average molecular weight is 531 g/mol. The smallest absolute Gasteiger partial charge is 0.155 e. The molecule has 10 heteroatoms. The number of thiazole rings is 2. The summed E-state index contributed by atoms with van der Waals surface area (Å²) in [6.45, 7) is 4.15. The molecular formula is C26H30N2O6S2. The van der Waals surface area contributed by atoms with Gasteiger partial charge in [-0.05, 0) is 24.3 Å². The first-order valence-electron chi connectivity index (χ1n) is 11.6. The van der Waals surface area contributed by atoms with Crippen LogP contribution < -0.4 is 9.47 Å². The minimum absolute atomic E-state index is 0.455. The first-order chi connectivity index (χ1) is 17.8. The van der Waals surface area contributed by atoms with Crippen LogP contribution in [0.15, 0.2) is 48.5 Å². The molecule has 0 saturated heterocycles. The Kier molecular flexibility index (Phi) is 10.5.